The number of aliphatic hydroxyl groups is 1. The zero-order chi connectivity index (χ0) is 31.9. The van der Waals surface area contributed by atoms with Crippen molar-refractivity contribution in [2.45, 2.75) is 115 Å². The Balaban J connectivity index is 0.000000266. The molecule has 0 radical (unpaired) electrons. The minimum atomic E-state index is -2.79. The summed E-state index contributed by atoms with van der Waals surface area (Å²) in [6.07, 6.45) is 1.45. The SMILES string of the molecule is CC1(C)O[C@H]2[C@@H](CC(=O)O)[C@H](O[Si](c3ccccc3)(c3ccccc3)C(C)(C)C)C[C@H]2O1.COC1C[C@@H]2[C@H](O1)[C@H](O)C[C@H]2C. The average Bonchev–Trinajstić information content (AvgIpc) is 3.68. The van der Waals surface area contributed by atoms with Gasteiger partial charge in [-0.3, -0.25) is 4.79 Å². The molecule has 2 heterocycles. The highest BCUT2D eigenvalue weighted by molar-refractivity contribution is 6.99. The van der Waals surface area contributed by atoms with E-state index in [9.17, 15) is 15.0 Å². The van der Waals surface area contributed by atoms with Gasteiger partial charge >= 0.3 is 5.97 Å². The third-order valence-corrected chi connectivity index (χ3v) is 15.0. The summed E-state index contributed by atoms with van der Waals surface area (Å²) < 4.78 is 30.2. The molecule has 6 rings (SSSR count). The number of hydrogen-bond donors (Lipinski definition) is 2. The maximum Gasteiger partial charge on any atom is 0.303 e. The molecule has 2 saturated carbocycles. The van der Waals surface area contributed by atoms with Crippen molar-refractivity contribution >= 4 is 24.7 Å². The lowest BCUT2D eigenvalue weighted by atomic mass is 9.95. The van der Waals surface area contributed by atoms with Crippen LogP contribution >= 0.6 is 0 Å². The normalized spacial score (nSPS) is 34.2. The molecule has 0 aromatic heterocycles. The first-order valence-corrected chi connectivity index (χ1v) is 17.9. The molecule has 1 unspecified atom stereocenters. The van der Waals surface area contributed by atoms with E-state index in [-0.39, 0.29) is 54.2 Å². The summed E-state index contributed by atoms with van der Waals surface area (Å²) in [5.74, 6) is -0.718. The van der Waals surface area contributed by atoms with Gasteiger partial charge in [-0.2, -0.15) is 0 Å². The molecule has 2 N–H and O–H groups in total. The van der Waals surface area contributed by atoms with Crippen LogP contribution in [0.15, 0.2) is 60.7 Å². The number of carboxylic acid groups (broad SMARTS) is 1. The number of hydrogen-bond acceptors (Lipinski definition) is 7. The molecule has 0 amide bonds. The van der Waals surface area contributed by atoms with Gasteiger partial charge in [0.25, 0.3) is 8.32 Å². The maximum absolute atomic E-state index is 11.8. The molecule has 9 atom stereocenters. The number of fused-ring (bicyclic) bond motifs is 2. The molecular weight excluding hydrogens is 576 g/mol. The smallest absolute Gasteiger partial charge is 0.303 e. The number of rotatable bonds is 7. The van der Waals surface area contributed by atoms with E-state index in [0.717, 1.165) is 12.8 Å². The Labute approximate surface area is 263 Å². The zero-order valence-electron chi connectivity index (χ0n) is 27.1. The Morgan fingerprint density at radius 3 is 2.05 bits per heavy atom. The number of carbonyl (C=O) groups is 1. The number of benzene rings is 2. The number of methoxy groups -OCH3 is 1. The molecular formula is C35H50O8Si. The van der Waals surface area contributed by atoms with Crippen LogP contribution in [0.4, 0.5) is 0 Å². The van der Waals surface area contributed by atoms with E-state index in [4.69, 9.17) is 23.4 Å². The second-order valence-electron chi connectivity index (χ2n) is 14.4. The Morgan fingerprint density at radius 1 is 0.955 bits per heavy atom. The summed E-state index contributed by atoms with van der Waals surface area (Å²) in [5.41, 5.74) is 0. The summed E-state index contributed by atoms with van der Waals surface area (Å²) in [5, 5.41) is 21.5. The molecule has 2 aromatic rings. The Bertz CT molecular complexity index is 1190. The fourth-order valence-corrected chi connectivity index (χ4v) is 12.7. The molecule has 9 heteroatoms. The molecule has 2 aromatic carbocycles. The minimum absolute atomic E-state index is 0.00345. The molecule has 8 nitrogen and oxygen atoms in total. The summed E-state index contributed by atoms with van der Waals surface area (Å²) >= 11 is 0. The van der Waals surface area contributed by atoms with Gasteiger partial charge in [-0.25, -0.2) is 0 Å². The van der Waals surface area contributed by atoms with E-state index in [0.29, 0.717) is 18.3 Å². The number of ether oxygens (including phenoxy) is 4. The lowest BCUT2D eigenvalue weighted by Gasteiger charge is -2.45. The molecule has 2 aliphatic carbocycles. The molecule has 2 saturated heterocycles. The molecule has 242 valence electrons. The van der Waals surface area contributed by atoms with E-state index in [1.165, 1.54) is 10.4 Å². The second kappa shape index (κ2) is 12.9. The van der Waals surface area contributed by atoms with Gasteiger partial charge in [-0.05, 0) is 47.5 Å². The first-order valence-electron chi connectivity index (χ1n) is 16.0. The highest BCUT2D eigenvalue weighted by Gasteiger charge is 2.59. The van der Waals surface area contributed by atoms with Crippen molar-refractivity contribution in [3.8, 4) is 0 Å². The standard InChI is InChI=1S/C26H34O5Si.C9H16O3/c1-25(2,3)32(18-12-8-6-9-13-18,19-14-10-7-11-15-19)31-21-17-22-24(20(21)16-23(27)28)30-26(4,5)29-22;1-5-3-7(10)9-6(5)4-8(11-2)12-9/h6-15,20-22,24H,16-17H2,1-5H3,(H,27,28);5-10H,3-4H2,1-2H3/t20-,21+,22+,24-;5-,6+,7-,8?,9+/m01/s1. The predicted molar refractivity (Wildman–Crippen MR) is 170 cm³/mol. The predicted octanol–water partition coefficient (Wildman–Crippen LogP) is 4.71. The van der Waals surface area contributed by atoms with Crippen LogP contribution in [0, 0.1) is 17.8 Å². The van der Waals surface area contributed by atoms with Crippen molar-refractivity contribution in [1.29, 1.82) is 0 Å². The number of aliphatic carboxylic acids is 1. The van der Waals surface area contributed by atoms with Crippen LogP contribution < -0.4 is 10.4 Å². The Morgan fingerprint density at radius 2 is 1.55 bits per heavy atom. The van der Waals surface area contributed by atoms with Crippen molar-refractivity contribution in [1.82, 2.24) is 0 Å². The molecule has 0 bridgehead atoms. The van der Waals surface area contributed by atoms with Gasteiger partial charge in [0.05, 0.1) is 36.9 Å². The highest BCUT2D eigenvalue weighted by atomic mass is 28.4. The Hall–Kier alpha value is -2.11. The van der Waals surface area contributed by atoms with E-state index in [1.807, 2.05) is 26.0 Å². The average molecular weight is 627 g/mol. The van der Waals surface area contributed by atoms with E-state index in [2.05, 4.69) is 76.2 Å². The monoisotopic (exact) mass is 626 g/mol. The van der Waals surface area contributed by atoms with Crippen molar-refractivity contribution in [2.24, 2.45) is 17.8 Å². The first-order chi connectivity index (χ1) is 20.8. The molecule has 2 aliphatic heterocycles. The van der Waals surface area contributed by atoms with Gasteiger partial charge in [-0.1, -0.05) is 88.4 Å². The van der Waals surface area contributed by atoms with E-state index < -0.39 is 20.1 Å². The summed E-state index contributed by atoms with van der Waals surface area (Å²) in [6.45, 7) is 12.7. The first kappa shape index (κ1) is 33.3. The van der Waals surface area contributed by atoms with Crippen molar-refractivity contribution in [3.63, 3.8) is 0 Å². The minimum Gasteiger partial charge on any atom is -0.481 e. The van der Waals surface area contributed by atoms with Crippen molar-refractivity contribution in [3.05, 3.63) is 60.7 Å². The number of aliphatic hydroxyl groups excluding tert-OH is 1. The van der Waals surface area contributed by atoms with E-state index >= 15 is 0 Å². The van der Waals surface area contributed by atoms with Gasteiger partial charge in [0.1, 0.15) is 0 Å². The fraction of sp³-hybridized carbons (Fsp3) is 0.629. The van der Waals surface area contributed by atoms with Gasteiger partial charge in [0.2, 0.25) is 0 Å². The van der Waals surface area contributed by atoms with Gasteiger partial charge in [-0.15, -0.1) is 0 Å². The molecule has 4 aliphatic rings. The van der Waals surface area contributed by atoms with Crippen LogP contribution in [0.25, 0.3) is 0 Å². The topological polar surface area (TPSA) is 104 Å². The van der Waals surface area contributed by atoms with Gasteiger partial charge < -0.3 is 33.6 Å². The lowest BCUT2D eigenvalue weighted by Crippen LogP contribution is -2.68. The summed E-state index contributed by atoms with van der Waals surface area (Å²) in [6, 6.07) is 20.9. The number of carboxylic acids is 1. The summed E-state index contributed by atoms with van der Waals surface area (Å²) in [7, 11) is -1.14. The zero-order valence-corrected chi connectivity index (χ0v) is 28.1. The largest absolute Gasteiger partial charge is 0.481 e. The molecule has 44 heavy (non-hydrogen) atoms. The lowest BCUT2D eigenvalue weighted by molar-refractivity contribution is -0.166. The third-order valence-electron chi connectivity index (χ3n) is 9.92. The Kier molecular flexibility index (Phi) is 9.78. The fourth-order valence-electron chi connectivity index (χ4n) is 7.99. The van der Waals surface area contributed by atoms with Crippen LogP contribution in [0.3, 0.4) is 0 Å². The summed E-state index contributed by atoms with van der Waals surface area (Å²) in [4.78, 5) is 11.8. The van der Waals surface area contributed by atoms with Crippen LogP contribution in [0.2, 0.25) is 5.04 Å². The van der Waals surface area contributed by atoms with E-state index in [1.54, 1.807) is 7.11 Å². The van der Waals surface area contributed by atoms with Gasteiger partial charge in [0.15, 0.2) is 12.1 Å². The van der Waals surface area contributed by atoms with Crippen LogP contribution in [-0.2, 0) is 28.2 Å². The molecule has 0 spiro atoms. The second-order valence-corrected chi connectivity index (χ2v) is 18.7. The van der Waals surface area contributed by atoms with Crippen LogP contribution in [0.5, 0.6) is 0 Å². The maximum atomic E-state index is 11.8. The van der Waals surface area contributed by atoms with Gasteiger partial charge in [0, 0.05) is 25.9 Å². The quantitative estimate of drug-likeness (QED) is 0.426. The van der Waals surface area contributed by atoms with Crippen molar-refractivity contribution in [2.75, 3.05) is 7.11 Å². The molecule has 4 fully saturated rings. The van der Waals surface area contributed by atoms with Crippen LogP contribution in [0.1, 0.15) is 67.2 Å². The van der Waals surface area contributed by atoms with Crippen molar-refractivity contribution < 1.29 is 38.4 Å². The third kappa shape index (κ3) is 6.56. The highest BCUT2D eigenvalue weighted by Crippen LogP contribution is 2.47. The van der Waals surface area contributed by atoms with Crippen LogP contribution in [-0.4, -0.2) is 74.2 Å².